The van der Waals surface area contributed by atoms with E-state index in [0.29, 0.717) is 11.9 Å². The van der Waals surface area contributed by atoms with Crippen molar-refractivity contribution in [2.45, 2.75) is 130 Å². The first kappa shape index (κ1) is 28.7. The number of aliphatic imine (C=N–C) groups is 1. The molecule has 7 nitrogen and oxygen atoms in total. The highest BCUT2D eigenvalue weighted by Gasteiger charge is 2.40. The molecule has 32 heavy (non-hydrogen) atoms. The molecule has 1 aliphatic heterocycles. The van der Waals surface area contributed by atoms with Crippen LogP contribution in [0.5, 0.6) is 0 Å². The molecule has 0 aromatic carbocycles. The molecule has 0 unspecified atom stereocenters. The second-order valence-electron chi connectivity index (χ2n) is 12.9. The molecule has 0 amide bonds. The lowest BCUT2D eigenvalue weighted by Crippen LogP contribution is -2.64. The Bertz CT molecular complexity index is 613. The average Bonchev–Trinajstić information content (AvgIpc) is 2.51. The standard InChI is InChI=1S/C25H53N7/c1-22(2,3)18-25(8,9)30-20(27)29-21(28)32(15-13-11-10-12-14-26)19-16-23(4,5)31-24(6,7)17-19/h19,31H,10-18,26H2,1-9H3,(H4,27,28,29,30). The van der Waals surface area contributed by atoms with Gasteiger partial charge in [-0.2, -0.15) is 0 Å². The van der Waals surface area contributed by atoms with Crippen LogP contribution in [0.3, 0.4) is 0 Å². The summed E-state index contributed by atoms with van der Waals surface area (Å²) in [6.07, 6.45) is 7.25. The van der Waals surface area contributed by atoms with Crippen molar-refractivity contribution in [3.8, 4) is 0 Å². The summed E-state index contributed by atoms with van der Waals surface area (Å²) in [6.45, 7) is 21.4. The maximum atomic E-state index is 8.89. The first-order chi connectivity index (χ1) is 14.5. The SMILES string of the molecule is CC(C)(C)CC(C)(C)N=C(N)NC(=N)N(CCCCCCN)C1CC(C)(C)NC(C)(C)C1. The third-order valence-corrected chi connectivity index (χ3v) is 5.88. The van der Waals surface area contributed by atoms with E-state index < -0.39 is 0 Å². The van der Waals surface area contributed by atoms with Gasteiger partial charge < -0.3 is 21.7 Å². The van der Waals surface area contributed by atoms with E-state index in [1.54, 1.807) is 0 Å². The van der Waals surface area contributed by atoms with Gasteiger partial charge in [0.05, 0.1) is 5.54 Å². The predicted molar refractivity (Wildman–Crippen MR) is 139 cm³/mol. The van der Waals surface area contributed by atoms with E-state index in [2.05, 4.69) is 77.8 Å². The fourth-order valence-electron chi connectivity index (χ4n) is 5.63. The Balaban J connectivity index is 2.97. The van der Waals surface area contributed by atoms with Crippen molar-refractivity contribution in [2.75, 3.05) is 13.1 Å². The quantitative estimate of drug-likeness (QED) is 0.205. The maximum Gasteiger partial charge on any atom is 0.198 e. The zero-order chi connectivity index (χ0) is 24.8. The topological polar surface area (TPSA) is 116 Å². The Hall–Kier alpha value is -1.34. The number of nitrogens with zero attached hydrogens (tertiary/aromatic N) is 2. The number of nitrogens with one attached hydrogen (secondary N) is 3. The van der Waals surface area contributed by atoms with E-state index in [0.717, 1.165) is 58.0 Å². The Morgan fingerprint density at radius 3 is 2.06 bits per heavy atom. The van der Waals surface area contributed by atoms with Gasteiger partial charge in [-0.25, -0.2) is 4.99 Å². The lowest BCUT2D eigenvalue weighted by Gasteiger charge is -2.50. The molecule has 188 valence electrons. The van der Waals surface area contributed by atoms with Crippen LogP contribution in [-0.2, 0) is 0 Å². The van der Waals surface area contributed by atoms with Crippen LogP contribution in [0.15, 0.2) is 4.99 Å². The number of nitrogens with two attached hydrogens (primary N) is 2. The number of unbranched alkanes of at least 4 members (excludes halogenated alkanes) is 3. The second kappa shape index (κ2) is 11.2. The molecule has 0 bridgehead atoms. The van der Waals surface area contributed by atoms with Crippen LogP contribution < -0.4 is 22.1 Å². The average molecular weight is 452 g/mol. The third kappa shape index (κ3) is 11.0. The minimum absolute atomic E-state index is 0.0127. The Labute approximate surface area is 198 Å². The summed E-state index contributed by atoms with van der Waals surface area (Å²) in [5.74, 6) is 0.681. The Kier molecular flexibility index (Phi) is 10.0. The normalized spacial score (nSPS) is 19.6. The number of guanidine groups is 2. The largest absolute Gasteiger partial charge is 0.370 e. The Morgan fingerprint density at radius 2 is 1.56 bits per heavy atom. The summed E-state index contributed by atoms with van der Waals surface area (Å²) >= 11 is 0. The minimum atomic E-state index is -0.290. The van der Waals surface area contributed by atoms with Gasteiger partial charge in [0.25, 0.3) is 0 Å². The highest BCUT2D eigenvalue weighted by atomic mass is 15.3. The van der Waals surface area contributed by atoms with E-state index in [1.165, 1.54) is 0 Å². The minimum Gasteiger partial charge on any atom is -0.370 e. The number of rotatable bonds is 9. The molecule has 0 saturated carbocycles. The molecule has 0 atom stereocenters. The zero-order valence-electron chi connectivity index (χ0n) is 22.5. The lowest BCUT2D eigenvalue weighted by molar-refractivity contribution is 0.101. The maximum absolute atomic E-state index is 8.89. The molecular weight excluding hydrogens is 398 g/mol. The van der Waals surface area contributed by atoms with Gasteiger partial charge in [0, 0.05) is 23.7 Å². The predicted octanol–water partition coefficient (Wildman–Crippen LogP) is 4.17. The fraction of sp³-hybridized carbons (Fsp3) is 0.920. The lowest BCUT2D eigenvalue weighted by atomic mass is 9.79. The van der Waals surface area contributed by atoms with E-state index in [9.17, 15) is 0 Å². The van der Waals surface area contributed by atoms with Crippen molar-refractivity contribution < 1.29 is 0 Å². The van der Waals surface area contributed by atoms with Crippen LogP contribution in [0.2, 0.25) is 0 Å². The molecule has 1 rings (SSSR count). The van der Waals surface area contributed by atoms with E-state index >= 15 is 0 Å². The van der Waals surface area contributed by atoms with Crippen LogP contribution >= 0.6 is 0 Å². The second-order valence-corrected chi connectivity index (χ2v) is 12.9. The van der Waals surface area contributed by atoms with Gasteiger partial charge in [-0.05, 0) is 85.6 Å². The van der Waals surface area contributed by atoms with E-state index in [1.807, 2.05) is 0 Å². The third-order valence-electron chi connectivity index (χ3n) is 5.88. The molecule has 1 aliphatic rings. The highest BCUT2D eigenvalue weighted by molar-refractivity contribution is 5.96. The van der Waals surface area contributed by atoms with Crippen LogP contribution in [-0.4, -0.2) is 52.6 Å². The van der Waals surface area contributed by atoms with Gasteiger partial charge in [-0.3, -0.25) is 10.7 Å². The van der Waals surface area contributed by atoms with Crippen molar-refractivity contribution >= 4 is 11.9 Å². The first-order valence-electron chi connectivity index (χ1n) is 12.4. The summed E-state index contributed by atoms with van der Waals surface area (Å²) in [5, 5.41) is 15.8. The molecule has 0 aromatic rings. The van der Waals surface area contributed by atoms with Gasteiger partial charge in [0.15, 0.2) is 11.9 Å². The van der Waals surface area contributed by atoms with Gasteiger partial charge in [0.2, 0.25) is 0 Å². The molecule has 0 aliphatic carbocycles. The van der Waals surface area contributed by atoms with Crippen molar-refractivity contribution in [1.29, 1.82) is 5.41 Å². The Morgan fingerprint density at radius 1 is 1.03 bits per heavy atom. The molecule has 1 heterocycles. The van der Waals surface area contributed by atoms with Crippen LogP contribution in [0.4, 0.5) is 0 Å². The molecule has 1 fully saturated rings. The van der Waals surface area contributed by atoms with E-state index in [4.69, 9.17) is 21.9 Å². The molecular formula is C25H53N7. The highest BCUT2D eigenvalue weighted by Crippen LogP contribution is 2.32. The summed E-state index contributed by atoms with van der Waals surface area (Å²) in [6, 6.07) is 0.270. The monoisotopic (exact) mass is 451 g/mol. The smallest absolute Gasteiger partial charge is 0.198 e. The van der Waals surface area contributed by atoms with Crippen molar-refractivity contribution in [2.24, 2.45) is 21.9 Å². The molecule has 0 radical (unpaired) electrons. The van der Waals surface area contributed by atoms with Crippen molar-refractivity contribution in [3.05, 3.63) is 0 Å². The van der Waals surface area contributed by atoms with Gasteiger partial charge in [0.1, 0.15) is 0 Å². The summed E-state index contributed by atoms with van der Waals surface area (Å²) in [7, 11) is 0. The molecule has 7 heteroatoms. The van der Waals surface area contributed by atoms with Crippen LogP contribution in [0, 0.1) is 10.8 Å². The fourth-order valence-corrected chi connectivity index (χ4v) is 5.63. The molecule has 0 spiro atoms. The van der Waals surface area contributed by atoms with E-state index in [-0.39, 0.29) is 28.1 Å². The molecule has 0 aromatic heterocycles. The molecule has 1 saturated heterocycles. The van der Waals surface area contributed by atoms with Gasteiger partial charge >= 0.3 is 0 Å². The van der Waals surface area contributed by atoms with Crippen LogP contribution in [0.25, 0.3) is 0 Å². The zero-order valence-corrected chi connectivity index (χ0v) is 22.5. The first-order valence-corrected chi connectivity index (χ1v) is 12.4. The number of hydrogen-bond acceptors (Lipinski definition) is 4. The summed E-state index contributed by atoms with van der Waals surface area (Å²) in [4.78, 5) is 6.94. The summed E-state index contributed by atoms with van der Waals surface area (Å²) < 4.78 is 0. The van der Waals surface area contributed by atoms with Gasteiger partial charge in [-0.1, -0.05) is 33.6 Å². The molecule has 7 N–H and O–H groups in total. The van der Waals surface area contributed by atoms with Gasteiger partial charge in [-0.15, -0.1) is 0 Å². The number of hydrogen-bond donors (Lipinski definition) is 5. The van der Waals surface area contributed by atoms with Crippen LogP contribution in [0.1, 0.15) is 107 Å². The van der Waals surface area contributed by atoms with Crippen molar-refractivity contribution in [1.82, 2.24) is 15.5 Å². The summed E-state index contributed by atoms with van der Waals surface area (Å²) in [5.41, 5.74) is 11.8. The number of piperidine rings is 1. The van der Waals surface area contributed by atoms with Crippen molar-refractivity contribution in [3.63, 3.8) is 0 Å².